The maximum atomic E-state index is 8.98. The highest BCUT2D eigenvalue weighted by Crippen LogP contribution is 2.17. The van der Waals surface area contributed by atoms with Crippen molar-refractivity contribution in [1.29, 1.82) is 0 Å². The number of aliphatic hydroxyl groups excluding tert-OH is 1. The summed E-state index contributed by atoms with van der Waals surface area (Å²) in [6, 6.07) is 0. The van der Waals surface area contributed by atoms with Crippen LogP contribution in [0.4, 0.5) is 0 Å². The Morgan fingerprint density at radius 3 is 2.31 bits per heavy atom. The predicted molar refractivity (Wildman–Crippen MR) is 55.8 cm³/mol. The molecule has 0 radical (unpaired) electrons. The van der Waals surface area contributed by atoms with Gasteiger partial charge in [0.1, 0.15) is 0 Å². The Balaban J connectivity index is 3.09. The van der Waals surface area contributed by atoms with E-state index in [2.05, 4.69) is 20.8 Å². The Morgan fingerprint density at radius 1 is 1.23 bits per heavy atom. The monoisotopic (exact) mass is 188 g/mol. The minimum atomic E-state index is -0.189. The molecule has 0 aliphatic rings. The van der Waals surface area contributed by atoms with Gasteiger partial charge in [0.25, 0.3) is 0 Å². The molecule has 0 aromatic carbocycles. The van der Waals surface area contributed by atoms with Crippen LogP contribution in [0, 0.1) is 5.41 Å². The van der Waals surface area contributed by atoms with Gasteiger partial charge < -0.3 is 9.84 Å². The van der Waals surface area contributed by atoms with Gasteiger partial charge in [-0.1, -0.05) is 20.8 Å². The van der Waals surface area contributed by atoms with Gasteiger partial charge in [0.05, 0.1) is 6.10 Å². The van der Waals surface area contributed by atoms with Gasteiger partial charge in [0.15, 0.2) is 0 Å². The molecule has 0 amide bonds. The first-order chi connectivity index (χ1) is 5.92. The summed E-state index contributed by atoms with van der Waals surface area (Å²) in [7, 11) is 0. The standard InChI is InChI=1S/C11H24O2/c1-10(12)6-5-8-13-9-7-11(2,3)4/h10,12H,5-9H2,1-4H3. The molecule has 0 spiro atoms. The lowest BCUT2D eigenvalue weighted by Crippen LogP contribution is -2.10. The van der Waals surface area contributed by atoms with Crippen molar-refractivity contribution >= 4 is 0 Å². The van der Waals surface area contributed by atoms with Crippen LogP contribution < -0.4 is 0 Å². The van der Waals surface area contributed by atoms with Crippen molar-refractivity contribution in [3.8, 4) is 0 Å². The number of hydrogen-bond acceptors (Lipinski definition) is 2. The molecular weight excluding hydrogens is 164 g/mol. The van der Waals surface area contributed by atoms with Gasteiger partial charge in [-0.2, -0.15) is 0 Å². The third kappa shape index (κ3) is 11.9. The molecule has 1 atom stereocenters. The lowest BCUT2D eigenvalue weighted by molar-refractivity contribution is 0.0932. The maximum Gasteiger partial charge on any atom is 0.0513 e. The lowest BCUT2D eigenvalue weighted by Gasteiger charge is -2.17. The first kappa shape index (κ1) is 12.9. The quantitative estimate of drug-likeness (QED) is 0.649. The summed E-state index contributed by atoms with van der Waals surface area (Å²) in [4.78, 5) is 0. The molecule has 1 N–H and O–H groups in total. The minimum absolute atomic E-state index is 0.189. The van der Waals surface area contributed by atoms with E-state index >= 15 is 0 Å². The highest BCUT2D eigenvalue weighted by Gasteiger charge is 2.08. The average Bonchev–Trinajstić information content (AvgIpc) is 1.93. The molecule has 80 valence electrons. The Morgan fingerprint density at radius 2 is 1.85 bits per heavy atom. The molecule has 2 nitrogen and oxygen atoms in total. The van der Waals surface area contributed by atoms with E-state index in [1.807, 2.05) is 6.92 Å². The molecule has 0 heterocycles. The molecule has 0 aromatic heterocycles. The summed E-state index contributed by atoms with van der Waals surface area (Å²) in [5.74, 6) is 0. The van der Waals surface area contributed by atoms with Gasteiger partial charge in [-0.25, -0.2) is 0 Å². The van der Waals surface area contributed by atoms with Crippen LogP contribution in [0.1, 0.15) is 47.0 Å². The molecule has 0 bridgehead atoms. The molecule has 13 heavy (non-hydrogen) atoms. The zero-order chi connectivity index (χ0) is 10.3. The Bertz CT molecular complexity index is 114. The first-order valence-electron chi connectivity index (χ1n) is 5.17. The van der Waals surface area contributed by atoms with E-state index in [-0.39, 0.29) is 6.10 Å². The van der Waals surface area contributed by atoms with Crippen molar-refractivity contribution in [2.45, 2.75) is 53.1 Å². The van der Waals surface area contributed by atoms with E-state index in [1.165, 1.54) is 0 Å². The zero-order valence-corrected chi connectivity index (χ0v) is 9.47. The number of ether oxygens (including phenoxy) is 1. The van der Waals surface area contributed by atoms with Crippen LogP contribution in [0.2, 0.25) is 0 Å². The van der Waals surface area contributed by atoms with Crippen LogP contribution in [-0.2, 0) is 4.74 Å². The van der Waals surface area contributed by atoms with Gasteiger partial charge in [0, 0.05) is 13.2 Å². The fraction of sp³-hybridized carbons (Fsp3) is 1.00. The maximum absolute atomic E-state index is 8.98. The molecular formula is C11H24O2. The van der Waals surface area contributed by atoms with Gasteiger partial charge in [-0.3, -0.25) is 0 Å². The van der Waals surface area contributed by atoms with Crippen molar-refractivity contribution in [1.82, 2.24) is 0 Å². The lowest BCUT2D eigenvalue weighted by atomic mass is 9.93. The summed E-state index contributed by atoms with van der Waals surface area (Å²) >= 11 is 0. The van der Waals surface area contributed by atoms with Crippen LogP contribution >= 0.6 is 0 Å². The van der Waals surface area contributed by atoms with Crippen molar-refractivity contribution in [2.75, 3.05) is 13.2 Å². The summed E-state index contributed by atoms with van der Waals surface area (Å²) in [6.45, 7) is 10.1. The van der Waals surface area contributed by atoms with Crippen molar-refractivity contribution < 1.29 is 9.84 Å². The third-order valence-electron chi connectivity index (χ3n) is 1.91. The van der Waals surface area contributed by atoms with Crippen molar-refractivity contribution in [3.63, 3.8) is 0 Å². The van der Waals surface area contributed by atoms with E-state index in [0.29, 0.717) is 5.41 Å². The van der Waals surface area contributed by atoms with Crippen molar-refractivity contribution in [3.05, 3.63) is 0 Å². The molecule has 1 unspecified atom stereocenters. The molecule has 0 saturated carbocycles. The molecule has 0 saturated heterocycles. The normalized spacial score (nSPS) is 14.5. The van der Waals surface area contributed by atoms with E-state index in [4.69, 9.17) is 9.84 Å². The van der Waals surface area contributed by atoms with Crippen LogP contribution in [0.25, 0.3) is 0 Å². The second-order valence-electron chi connectivity index (χ2n) is 4.91. The summed E-state index contributed by atoms with van der Waals surface area (Å²) < 4.78 is 5.45. The predicted octanol–water partition coefficient (Wildman–Crippen LogP) is 2.60. The molecule has 2 heteroatoms. The molecule has 0 aliphatic carbocycles. The van der Waals surface area contributed by atoms with E-state index in [0.717, 1.165) is 32.5 Å². The van der Waals surface area contributed by atoms with Gasteiger partial charge in [0.2, 0.25) is 0 Å². The van der Waals surface area contributed by atoms with Gasteiger partial charge in [-0.15, -0.1) is 0 Å². The van der Waals surface area contributed by atoms with E-state index in [1.54, 1.807) is 0 Å². The summed E-state index contributed by atoms with van der Waals surface area (Å²) in [5, 5.41) is 8.98. The smallest absolute Gasteiger partial charge is 0.0513 e. The zero-order valence-electron chi connectivity index (χ0n) is 9.47. The topological polar surface area (TPSA) is 29.5 Å². The molecule has 0 fully saturated rings. The highest BCUT2D eigenvalue weighted by atomic mass is 16.5. The van der Waals surface area contributed by atoms with Crippen LogP contribution in [-0.4, -0.2) is 24.4 Å². The first-order valence-corrected chi connectivity index (χ1v) is 5.17. The summed E-state index contributed by atoms with van der Waals surface area (Å²) in [5.41, 5.74) is 0.365. The molecule has 0 aliphatic heterocycles. The number of aliphatic hydroxyl groups is 1. The Kier molecular flexibility index (Phi) is 6.35. The fourth-order valence-electron chi connectivity index (χ4n) is 0.961. The van der Waals surface area contributed by atoms with Crippen LogP contribution in [0.3, 0.4) is 0 Å². The third-order valence-corrected chi connectivity index (χ3v) is 1.91. The largest absolute Gasteiger partial charge is 0.393 e. The molecule has 0 rings (SSSR count). The van der Waals surface area contributed by atoms with E-state index < -0.39 is 0 Å². The van der Waals surface area contributed by atoms with Gasteiger partial charge in [-0.05, 0) is 31.6 Å². The van der Waals surface area contributed by atoms with E-state index in [9.17, 15) is 0 Å². The number of hydrogen-bond donors (Lipinski definition) is 1. The van der Waals surface area contributed by atoms with Crippen LogP contribution in [0.15, 0.2) is 0 Å². The molecule has 0 aromatic rings. The second kappa shape index (κ2) is 6.39. The number of rotatable bonds is 6. The fourth-order valence-corrected chi connectivity index (χ4v) is 0.961. The second-order valence-corrected chi connectivity index (χ2v) is 4.91. The van der Waals surface area contributed by atoms with Crippen LogP contribution in [0.5, 0.6) is 0 Å². The van der Waals surface area contributed by atoms with Gasteiger partial charge >= 0.3 is 0 Å². The summed E-state index contributed by atoms with van der Waals surface area (Å²) in [6.07, 6.45) is 2.71. The average molecular weight is 188 g/mol. The Labute approximate surface area is 82.3 Å². The highest BCUT2D eigenvalue weighted by molar-refractivity contribution is 4.59. The SMILES string of the molecule is CC(O)CCCOCCC(C)(C)C. The Hall–Kier alpha value is -0.0800. The van der Waals surface area contributed by atoms with Crippen molar-refractivity contribution in [2.24, 2.45) is 5.41 Å². The minimum Gasteiger partial charge on any atom is -0.393 e.